The van der Waals surface area contributed by atoms with Gasteiger partial charge in [-0.05, 0) is 36.1 Å². The van der Waals surface area contributed by atoms with Crippen LogP contribution in [0.2, 0.25) is 0 Å². The molecule has 0 saturated heterocycles. The second-order valence-corrected chi connectivity index (χ2v) is 6.34. The molecule has 2 N–H and O–H groups in total. The summed E-state index contributed by atoms with van der Waals surface area (Å²) in [6.45, 7) is 2.70. The first-order valence-electron chi connectivity index (χ1n) is 7.77. The van der Waals surface area contributed by atoms with Crippen molar-refractivity contribution in [2.75, 3.05) is 18.2 Å². The molecule has 138 valence electrons. The van der Waals surface area contributed by atoms with Gasteiger partial charge in [0, 0.05) is 25.9 Å². The Kier molecular flexibility index (Phi) is 5.89. The average Bonchev–Trinajstić information content (AvgIpc) is 2.55. The molecule has 0 aliphatic carbocycles. The molecule has 0 radical (unpaired) electrons. The van der Waals surface area contributed by atoms with Crippen LogP contribution in [0.4, 0.5) is 8.78 Å². The van der Waals surface area contributed by atoms with Crippen LogP contribution in [0.1, 0.15) is 43.9 Å². The fraction of sp³-hybridized carbons (Fsp3) is 0.500. The maximum absolute atomic E-state index is 14.1. The van der Waals surface area contributed by atoms with Crippen molar-refractivity contribution >= 4 is 22.9 Å². The summed E-state index contributed by atoms with van der Waals surface area (Å²) in [4.78, 5) is 29.6. The Labute approximate surface area is 147 Å². The third-order valence-electron chi connectivity index (χ3n) is 3.91. The van der Waals surface area contributed by atoms with Gasteiger partial charge in [0.2, 0.25) is 0 Å². The zero-order chi connectivity index (χ0) is 18.8. The second kappa shape index (κ2) is 7.57. The van der Waals surface area contributed by atoms with Crippen molar-refractivity contribution in [2.24, 2.45) is 0 Å². The first-order valence-corrected chi connectivity index (χ1v) is 9.00. The van der Waals surface area contributed by atoms with Gasteiger partial charge in [-0.2, -0.15) is 4.68 Å². The molecule has 0 amide bonds. The molecule has 1 aromatic heterocycles. The van der Waals surface area contributed by atoms with Gasteiger partial charge >= 0.3 is 5.69 Å². The zero-order valence-corrected chi connectivity index (χ0v) is 15.3. The SMILES string of the molecule is CCCC(OC)c1cc2c(=O)n(NSC)c(=O)[nH]c2cc1C(C)(F)F. The van der Waals surface area contributed by atoms with Crippen LogP contribution in [0, 0.1) is 0 Å². The number of alkyl halides is 2. The Morgan fingerprint density at radius 2 is 2.08 bits per heavy atom. The Morgan fingerprint density at radius 3 is 2.60 bits per heavy atom. The van der Waals surface area contributed by atoms with E-state index in [4.69, 9.17) is 4.74 Å². The minimum Gasteiger partial charge on any atom is -0.377 e. The van der Waals surface area contributed by atoms with Crippen molar-refractivity contribution in [3.05, 3.63) is 44.1 Å². The Balaban J connectivity index is 2.85. The minimum absolute atomic E-state index is 0.0702. The van der Waals surface area contributed by atoms with Gasteiger partial charge in [0.25, 0.3) is 11.5 Å². The second-order valence-electron chi connectivity index (χ2n) is 5.75. The van der Waals surface area contributed by atoms with Gasteiger partial charge in [-0.3, -0.25) is 9.63 Å². The van der Waals surface area contributed by atoms with Crippen molar-refractivity contribution in [1.29, 1.82) is 0 Å². The molecule has 0 fully saturated rings. The van der Waals surface area contributed by atoms with Crippen molar-refractivity contribution < 1.29 is 13.5 Å². The number of fused-ring (bicyclic) bond motifs is 1. The van der Waals surface area contributed by atoms with E-state index in [1.165, 1.54) is 19.2 Å². The molecule has 9 heteroatoms. The van der Waals surface area contributed by atoms with Crippen molar-refractivity contribution in [3.8, 4) is 0 Å². The van der Waals surface area contributed by atoms with E-state index < -0.39 is 23.3 Å². The molecule has 1 atom stereocenters. The lowest BCUT2D eigenvalue weighted by atomic mass is 9.94. The molecular weight excluding hydrogens is 352 g/mol. The fourth-order valence-electron chi connectivity index (χ4n) is 2.76. The summed E-state index contributed by atoms with van der Waals surface area (Å²) in [6, 6.07) is 2.56. The molecule has 1 aromatic carbocycles. The number of aromatic amines is 1. The monoisotopic (exact) mass is 373 g/mol. The summed E-state index contributed by atoms with van der Waals surface area (Å²) in [5.41, 5.74) is -1.26. The average molecular weight is 373 g/mol. The van der Waals surface area contributed by atoms with Crippen LogP contribution in [0.5, 0.6) is 0 Å². The highest BCUT2D eigenvalue weighted by Crippen LogP contribution is 2.37. The highest BCUT2D eigenvalue weighted by atomic mass is 32.2. The first kappa shape index (κ1) is 19.5. The summed E-state index contributed by atoms with van der Waals surface area (Å²) in [5.74, 6) is -3.14. The largest absolute Gasteiger partial charge is 0.377 e. The van der Waals surface area contributed by atoms with E-state index in [1.807, 2.05) is 6.92 Å². The molecule has 1 unspecified atom stereocenters. The third-order valence-corrected chi connectivity index (χ3v) is 4.27. The van der Waals surface area contributed by atoms with Gasteiger partial charge in [0.05, 0.1) is 17.0 Å². The quantitative estimate of drug-likeness (QED) is 0.730. The van der Waals surface area contributed by atoms with Crippen molar-refractivity contribution in [3.63, 3.8) is 0 Å². The number of nitrogens with one attached hydrogen (secondary N) is 2. The van der Waals surface area contributed by atoms with E-state index >= 15 is 0 Å². The maximum Gasteiger partial charge on any atom is 0.348 e. The molecule has 2 aromatic rings. The number of hydrogen-bond acceptors (Lipinski definition) is 5. The molecule has 0 saturated carbocycles. The van der Waals surface area contributed by atoms with Crippen LogP contribution in [-0.2, 0) is 10.7 Å². The number of methoxy groups -OCH3 is 1. The van der Waals surface area contributed by atoms with E-state index in [0.717, 1.165) is 30.0 Å². The van der Waals surface area contributed by atoms with Gasteiger partial charge in [0.15, 0.2) is 0 Å². The van der Waals surface area contributed by atoms with E-state index in [0.29, 0.717) is 6.42 Å². The lowest BCUT2D eigenvalue weighted by Crippen LogP contribution is -2.39. The Hall–Kier alpha value is -1.87. The number of benzene rings is 1. The third kappa shape index (κ3) is 3.87. The topological polar surface area (TPSA) is 76.1 Å². The molecular formula is C16H21F2N3O3S. The number of halogens is 2. The number of nitrogens with zero attached hydrogens (tertiary/aromatic N) is 1. The van der Waals surface area contributed by atoms with Crippen LogP contribution < -0.4 is 16.1 Å². The predicted octanol–water partition coefficient (Wildman–Crippen LogP) is 3.11. The minimum atomic E-state index is -3.14. The van der Waals surface area contributed by atoms with Crippen LogP contribution in [0.3, 0.4) is 0 Å². The normalized spacial score (nSPS) is 13.2. The number of ether oxygens (including phenoxy) is 1. The first-order chi connectivity index (χ1) is 11.7. The van der Waals surface area contributed by atoms with E-state index in [-0.39, 0.29) is 22.0 Å². The highest BCUT2D eigenvalue weighted by Gasteiger charge is 2.31. The van der Waals surface area contributed by atoms with Gasteiger partial charge in [-0.25, -0.2) is 13.6 Å². The van der Waals surface area contributed by atoms with Crippen LogP contribution in [-0.4, -0.2) is 23.0 Å². The van der Waals surface area contributed by atoms with Gasteiger partial charge in [0.1, 0.15) is 0 Å². The fourth-order valence-corrected chi connectivity index (χ4v) is 3.11. The van der Waals surface area contributed by atoms with Crippen LogP contribution in [0.15, 0.2) is 21.7 Å². The Morgan fingerprint density at radius 1 is 1.40 bits per heavy atom. The van der Waals surface area contributed by atoms with Crippen LogP contribution in [0.25, 0.3) is 10.9 Å². The van der Waals surface area contributed by atoms with Gasteiger partial charge < -0.3 is 9.72 Å². The molecule has 25 heavy (non-hydrogen) atoms. The van der Waals surface area contributed by atoms with E-state index in [1.54, 1.807) is 6.26 Å². The molecule has 0 aliphatic rings. The van der Waals surface area contributed by atoms with Crippen molar-refractivity contribution in [2.45, 2.75) is 38.7 Å². The zero-order valence-electron chi connectivity index (χ0n) is 14.5. The van der Waals surface area contributed by atoms with Gasteiger partial charge in [-0.1, -0.05) is 13.3 Å². The predicted molar refractivity (Wildman–Crippen MR) is 95.9 cm³/mol. The summed E-state index contributed by atoms with van der Waals surface area (Å²) >= 11 is 1.07. The summed E-state index contributed by atoms with van der Waals surface area (Å²) < 4.78 is 34.4. The van der Waals surface area contributed by atoms with E-state index in [9.17, 15) is 18.4 Å². The number of H-pyrrole nitrogens is 1. The molecule has 2 rings (SSSR count). The standard InChI is InChI=1S/C16H21F2N3O3S/c1-5-6-13(24-3)9-7-10-12(8-11(9)16(2,17)18)19-15(23)21(14(10)22)20-25-4/h7-8,13,20H,5-6H2,1-4H3,(H,19,23). The number of hydrogen-bond donors (Lipinski definition) is 2. The van der Waals surface area contributed by atoms with E-state index in [2.05, 4.69) is 9.82 Å². The summed E-state index contributed by atoms with van der Waals surface area (Å²) in [6.07, 6.45) is 2.36. The molecule has 0 bridgehead atoms. The van der Waals surface area contributed by atoms with Crippen LogP contribution >= 0.6 is 11.9 Å². The molecule has 0 aliphatic heterocycles. The molecule has 0 spiro atoms. The number of aromatic nitrogens is 2. The Bertz CT molecular complexity index is 874. The highest BCUT2D eigenvalue weighted by molar-refractivity contribution is 7.99. The maximum atomic E-state index is 14.1. The summed E-state index contributed by atoms with van der Waals surface area (Å²) in [7, 11) is 1.45. The van der Waals surface area contributed by atoms with Crippen molar-refractivity contribution in [1.82, 2.24) is 9.66 Å². The summed E-state index contributed by atoms with van der Waals surface area (Å²) in [5, 5.41) is 0.141. The lowest BCUT2D eigenvalue weighted by Gasteiger charge is -2.23. The lowest BCUT2D eigenvalue weighted by molar-refractivity contribution is 0.0114. The molecule has 6 nitrogen and oxygen atoms in total. The van der Waals surface area contributed by atoms with Gasteiger partial charge in [-0.15, -0.1) is 0 Å². The smallest absolute Gasteiger partial charge is 0.348 e. The number of rotatable bonds is 7. The molecule has 1 heterocycles.